The summed E-state index contributed by atoms with van der Waals surface area (Å²) in [6.45, 7) is 4.16. The smallest absolute Gasteiger partial charge is 0.0383 e. The molecule has 0 fully saturated rings. The number of nitrogens with zero attached hydrogens (tertiary/aromatic N) is 1. The number of hydrogen-bond acceptors (Lipinski definition) is 1. The molecule has 0 spiro atoms. The molecule has 0 aliphatic carbocycles. The summed E-state index contributed by atoms with van der Waals surface area (Å²) in [6, 6.07) is 2.11. The van der Waals surface area contributed by atoms with Gasteiger partial charge in [-0.3, -0.25) is 4.98 Å². The first-order chi connectivity index (χ1) is 4.74. The van der Waals surface area contributed by atoms with Crippen LogP contribution in [0.2, 0.25) is 0 Å². The average molecular weight is 247 g/mol. The molecular weight excluding hydrogens is 237 g/mol. The van der Waals surface area contributed by atoms with Gasteiger partial charge in [0.25, 0.3) is 0 Å². The second-order valence-electron chi connectivity index (χ2n) is 2.27. The first-order valence-electron chi connectivity index (χ1n) is 3.35. The maximum Gasteiger partial charge on any atom is 0.0383 e. The zero-order valence-corrected chi connectivity index (χ0v) is 8.34. The van der Waals surface area contributed by atoms with Gasteiger partial charge in [-0.2, -0.15) is 0 Å². The quantitative estimate of drug-likeness (QED) is 0.695. The normalized spacial score (nSPS) is 9.90. The van der Waals surface area contributed by atoms with Crippen molar-refractivity contribution in [3.05, 3.63) is 27.1 Å². The van der Waals surface area contributed by atoms with E-state index in [1.807, 2.05) is 13.1 Å². The third-order valence-electron chi connectivity index (χ3n) is 1.45. The van der Waals surface area contributed by atoms with Crippen LogP contribution in [0.15, 0.2) is 12.3 Å². The van der Waals surface area contributed by atoms with E-state index in [1.54, 1.807) is 0 Å². The van der Waals surface area contributed by atoms with Gasteiger partial charge in [0.15, 0.2) is 0 Å². The van der Waals surface area contributed by atoms with Gasteiger partial charge in [-0.05, 0) is 47.6 Å². The fraction of sp³-hybridized carbons (Fsp3) is 0.375. The minimum atomic E-state index is 1.07. The van der Waals surface area contributed by atoms with Crippen molar-refractivity contribution in [2.75, 3.05) is 0 Å². The van der Waals surface area contributed by atoms with Crippen molar-refractivity contribution >= 4 is 22.6 Å². The van der Waals surface area contributed by atoms with Gasteiger partial charge in [0.05, 0.1) is 0 Å². The zero-order valence-electron chi connectivity index (χ0n) is 6.19. The highest BCUT2D eigenvalue weighted by Crippen LogP contribution is 2.11. The van der Waals surface area contributed by atoms with E-state index in [2.05, 4.69) is 40.6 Å². The summed E-state index contributed by atoms with van der Waals surface area (Å²) in [5.41, 5.74) is 2.44. The Balaban J connectivity index is 3.07. The molecule has 0 bridgehead atoms. The average Bonchev–Trinajstić information content (AvgIpc) is 1.88. The van der Waals surface area contributed by atoms with Gasteiger partial charge >= 0.3 is 0 Å². The highest BCUT2D eigenvalue weighted by atomic mass is 127. The van der Waals surface area contributed by atoms with Crippen molar-refractivity contribution in [2.45, 2.75) is 20.3 Å². The molecule has 0 saturated carbocycles. The van der Waals surface area contributed by atoms with Gasteiger partial charge < -0.3 is 0 Å². The second-order valence-corrected chi connectivity index (χ2v) is 3.43. The highest BCUT2D eigenvalue weighted by molar-refractivity contribution is 14.1. The lowest BCUT2D eigenvalue weighted by atomic mass is 10.2. The Labute approximate surface area is 75.0 Å². The van der Waals surface area contributed by atoms with E-state index in [0.29, 0.717) is 0 Å². The van der Waals surface area contributed by atoms with Crippen molar-refractivity contribution < 1.29 is 0 Å². The van der Waals surface area contributed by atoms with Crippen molar-refractivity contribution in [1.82, 2.24) is 4.98 Å². The minimum absolute atomic E-state index is 1.07. The second kappa shape index (κ2) is 3.32. The molecule has 1 nitrogen and oxygen atoms in total. The summed E-state index contributed by atoms with van der Waals surface area (Å²) >= 11 is 2.35. The van der Waals surface area contributed by atoms with E-state index >= 15 is 0 Å². The summed E-state index contributed by atoms with van der Waals surface area (Å²) in [5.74, 6) is 0. The van der Waals surface area contributed by atoms with Crippen molar-refractivity contribution in [3.8, 4) is 0 Å². The van der Waals surface area contributed by atoms with Gasteiger partial charge in [0, 0.05) is 15.5 Å². The van der Waals surface area contributed by atoms with E-state index in [9.17, 15) is 0 Å². The Morgan fingerprint density at radius 2 is 2.30 bits per heavy atom. The van der Waals surface area contributed by atoms with Crippen LogP contribution in [0, 0.1) is 10.5 Å². The van der Waals surface area contributed by atoms with Gasteiger partial charge in [-0.1, -0.05) is 6.92 Å². The molecule has 1 rings (SSSR count). The maximum absolute atomic E-state index is 4.21. The number of rotatable bonds is 1. The SMILES string of the molecule is CCc1cnc(C)cc1I. The molecule has 54 valence electrons. The third kappa shape index (κ3) is 1.68. The van der Waals surface area contributed by atoms with Crippen LogP contribution >= 0.6 is 22.6 Å². The molecule has 0 N–H and O–H groups in total. The lowest BCUT2D eigenvalue weighted by molar-refractivity contribution is 1.06. The number of halogens is 1. The molecule has 1 aromatic heterocycles. The first-order valence-corrected chi connectivity index (χ1v) is 4.43. The molecule has 0 aliphatic heterocycles. The van der Waals surface area contributed by atoms with Crippen molar-refractivity contribution in [3.63, 3.8) is 0 Å². The topological polar surface area (TPSA) is 12.9 Å². The van der Waals surface area contributed by atoms with Crippen LogP contribution in [0.25, 0.3) is 0 Å². The maximum atomic E-state index is 4.21. The van der Waals surface area contributed by atoms with Crippen LogP contribution in [0.4, 0.5) is 0 Å². The Morgan fingerprint density at radius 3 is 2.80 bits per heavy atom. The van der Waals surface area contributed by atoms with E-state index in [1.165, 1.54) is 9.13 Å². The molecule has 0 unspecified atom stereocenters. The largest absolute Gasteiger partial charge is 0.261 e. The fourth-order valence-electron chi connectivity index (χ4n) is 0.815. The molecule has 0 aliphatic rings. The monoisotopic (exact) mass is 247 g/mol. The highest BCUT2D eigenvalue weighted by Gasteiger charge is 1.96. The van der Waals surface area contributed by atoms with Crippen molar-refractivity contribution in [2.24, 2.45) is 0 Å². The Hall–Kier alpha value is -0.120. The van der Waals surface area contributed by atoms with Gasteiger partial charge in [0.2, 0.25) is 0 Å². The van der Waals surface area contributed by atoms with Crippen LogP contribution in [0.5, 0.6) is 0 Å². The zero-order chi connectivity index (χ0) is 7.56. The molecule has 0 saturated heterocycles. The molecule has 0 amide bonds. The van der Waals surface area contributed by atoms with Gasteiger partial charge in [-0.25, -0.2) is 0 Å². The predicted octanol–water partition coefficient (Wildman–Crippen LogP) is 2.56. The molecule has 0 atom stereocenters. The van der Waals surface area contributed by atoms with Crippen LogP contribution in [-0.2, 0) is 6.42 Å². The number of aryl methyl sites for hydroxylation is 2. The Kier molecular flexibility index (Phi) is 2.65. The van der Waals surface area contributed by atoms with Crippen LogP contribution < -0.4 is 0 Å². The summed E-state index contributed by atoms with van der Waals surface area (Å²) < 4.78 is 1.33. The summed E-state index contributed by atoms with van der Waals surface area (Å²) in [7, 11) is 0. The van der Waals surface area contributed by atoms with E-state index in [0.717, 1.165) is 12.1 Å². The van der Waals surface area contributed by atoms with Crippen LogP contribution in [0.1, 0.15) is 18.2 Å². The standard InChI is InChI=1S/C8H10IN/c1-3-7-5-10-6(2)4-8(7)9/h4-5H,3H2,1-2H3. The molecular formula is C8H10IN. The van der Waals surface area contributed by atoms with Crippen LogP contribution in [-0.4, -0.2) is 4.98 Å². The molecule has 10 heavy (non-hydrogen) atoms. The number of pyridine rings is 1. The lowest BCUT2D eigenvalue weighted by Crippen LogP contribution is -1.89. The Bertz CT molecular complexity index is 233. The molecule has 2 heteroatoms. The molecule has 1 aromatic rings. The first kappa shape index (κ1) is 7.98. The molecule has 0 radical (unpaired) electrons. The number of hydrogen-bond donors (Lipinski definition) is 0. The number of aromatic nitrogens is 1. The van der Waals surface area contributed by atoms with Gasteiger partial charge in [-0.15, -0.1) is 0 Å². The third-order valence-corrected chi connectivity index (χ3v) is 2.45. The summed E-state index contributed by atoms with van der Waals surface area (Å²) in [5, 5.41) is 0. The van der Waals surface area contributed by atoms with Gasteiger partial charge in [0.1, 0.15) is 0 Å². The van der Waals surface area contributed by atoms with Crippen molar-refractivity contribution in [1.29, 1.82) is 0 Å². The lowest BCUT2D eigenvalue weighted by Gasteiger charge is -1.99. The van der Waals surface area contributed by atoms with E-state index < -0.39 is 0 Å². The predicted molar refractivity (Wildman–Crippen MR) is 51.1 cm³/mol. The summed E-state index contributed by atoms with van der Waals surface area (Å²) in [6.07, 6.45) is 3.03. The van der Waals surface area contributed by atoms with E-state index in [-0.39, 0.29) is 0 Å². The summed E-state index contributed by atoms with van der Waals surface area (Å²) in [4.78, 5) is 4.21. The molecule has 0 aromatic carbocycles. The minimum Gasteiger partial charge on any atom is -0.261 e. The van der Waals surface area contributed by atoms with Crippen LogP contribution in [0.3, 0.4) is 0 Å². The van der Waals surface area contributed by atoms with E-state index in [4.69, 9.17) is 0 Å². The molecule has 1 heterocycles. The fourth-order valence-corrected chi connectivity index (χ4v) is 1.79. The Morgan fingerprint density at radius 1 is 1.60 bits per heavy atom.